The fraction of sp³-hybridized carbons (Fsp3) is 0.438. The van der Waals surface area contributed by atoms with Crippen molar-refractivity contribution in [3.05, 3.63) is 44.1 Å². The average Bonchev–Trinajstić information content (AvgIpc) is 2.51. The maximum Gasteiger partial charge on any atom is 0.331 e. The molecule has 1 aromatic carbocycles. The summed E-state index contributed by atoms with van der Waals surface area (Å²) in [5, 5.41) is 3.59. The van der Waals surface area contributed by atoms with Crippen LogP contribution in [0.2, 0.25) is 5.02 Å². The van der Waals surface area contributed by atoms with Gasteiger partial charge in [0.2, 0.25) is 5.91 Å². The van der Waals surface area contributed by atoms with E-state index in [-0.39, 0.29) is 30.6 Å². The molecule has 0 aliphatic carbocycles. The van der Waals surface area contributed by atoms with Gasteiger partial charge in [-0.3, -0.25) is 18.7 Å². The average molecular weight is 338 g/mol. The zero-order valence-electron chi connectivity index (χ0n) is 13.4. The van der Waals surface area contributed by atoms with Gasteiger partial charge in [0.05, 0.1) is 10.9 Å². The molecule has 0 saturated carbocycles. The third-order valence-electron chi connectivity index (χ3n) is 3.83. The van der Waals surface area contributed by atoms with Crippen molar-refractivity contribution < 1.29 is 4.79 Å². The molecule has 2 rings (SSSR count). The van der Waals surface area contributed by atoms with Crippen LogP contribution >= 0.6 is 11.6 Å². The highest BCUT2D eigenvalue weighted by Crippen LogP contribution is 2.15. The minimum atomic E-state index is -0.508. The molecule has 7 heteroatoms. The Morgan fingerprint density at radius 2 is 1.96 bits per heavy atom. The lowest BCUT2D eigenvalue weighted by Crippen LogP contribution is -2.43. The molecule has 0 aliphatic rings. The van der Waals surface area contributed by atoms with Crippen LogP contribution in [0.4, 0.5) is 0 Å². The van der Waals surface area contributed by atoms with Gasteiger partial charge < -0.3 is 5.32 Å². The summed E-state index contributed by atoms with van der Waals surface area (Å²) in [6.45, 7) is 5.66. The van der Waals surface area contributed by atoms with E-state index < -0.39 is 5.69 Å². The Balaban J connectivity index is 2.62. The molecule has 1 N–H and O–H groups in total. The smallest absolute Gasteiger partial charge is 0.331 e. The Morgan fingerprint density at radius 1 is 1.26 bits per heavy atom. The minimum Gasteiger partial charge on any atom is -0.352 e. The number of nitrogens with zero attached hydrogens (tertiary/aromatic N) is 2. The number of nitrogens with one attached hydrogen (secondary N) is 1. The first-order valence-electron chi connectivity index (χ1n) is 7.61. The molecule has 0 spiro atoms. The van der Waals surface area contributed by atoms with E-state index in [4.69, 9.17) is 11.6 Å². The summed E-state index contributed by atoms with van der Waals surface area (Å²) < 4.78 is 2.41. The number of hydrogen-bond donors (Lipinski definition) is 1. The maximum absolute atomic E-state index is 12.5. The molecule has 0 fully saturated rings. The first kappa shape index (κ1) is 17.3. The van der Waals surface area contributed by atoms with E-state index in [0.717, 1.165) is 11.0 Å². The third kappa shape index (κ3) is 3.47. The van der Waals surface area contributed by atoms with Gasteiger partial charge in [-0.15, -0.1) is 0 Å². The summed E-state index contributed by atoms with van der Waals surface area (Å²) in [5.41, 5.74) is -0.508. The van der Waals surface area contributed by atoms with Crippen LogP contribution in [0, 0.1) is 0 Å². The number of hydrogen-bond acceptors (Lipinski definition) is 3. The lowest BCUT2D eigenvalue weighted by atomic mass is 10.2. The molecule has 1 atom stereocenters. The molecule has 0 aliphatic heterocycles. The number of halogens is 1. The van der Waals surface area contributed by atoms with Crippen molar-refractivity contribution in [3.63, 3.8) is 0 Å². The number of amides is 1. The summed E-state index contributed by atoms with van der Waals surface area (Å²) in [7, 11) is 0. The molecule has 2 aromatic rings. The van der Waals surface area contributed by atoms with E-state index in [1.165, 1.54) is 10.6 Å². The predicted molar refractivity (Wildman–Crippen MR) is 91.0 cm³/mol. The van der Waals surface area contributed by atoms with Crippen LogP contribution in [0.15, 0.2) is 27.8 Å². The number of carbonyl (C=O) groups is 1. The first-order chi connectivity index (χ1) is 10.9. The number of rotatable bonds is 5. The Kier molecular flexibility index (Phi) is 5.26. The molecule has 0 unspecified atom stereocenters. The quantitative estimate of drug-likeness (QED) is 0.903. The second-order valence-corrected chi connectivity index (χ2v) is 5.89. The Labute approximate surface area is 138 Å². The molecule has 124 valence electrons. The largest absolute Gasteiger partial charge is 0.352 e. The van der Waals surface area contributed by atoms with E-state index >= 15 is 0 Å². The highest BCUT2D eigenvalue weighted by Gasteiger charge is 2.15. The summed E-state index contributed by atoms with van der Waals surface area (Å²) >= 11 is 5.99. The van der Waals surface area contributed by atoms with Gasteiger partial charge >= 0.3 is 5.69 Å². The summed E-state index contributed by atoms with van der Waals surface area (Å²) in [6, 6.07) is 4.73. The summed E-state index contributed by atoms with van der Waals surface area (Å²) in [5.74, 6) is -0.274. The number of carbonyl (C=O) groups excluding carboxylic acids is 1. The molecular weight excluding hydrogens is 318 g/mol. The van der Waals surface area contributed by atoms with Crippen LogP contribution in [-0.2, 0) is 17.9 Å². The molecule has 0 saturated heterocycles. The van der Waals surface area contributed by atoms with Gasteiger partial charge in [-0.2, -0.15) is 0 Å². The van der Waals surface area contributed by atoms with Gasteiger partial charge in [0.15, 0.2) is 0 Å². The van der Waals surface area contributed by atoms with Crippen LogP contribution < -0.4 is 16.6 Å². The first-order valence-corrected chi connectivity index (χ1v) is 7.99. The van der Waals surface area contributed by atoms with E-state index in [0.29, 0.717) is 15.9 Å². The molecule has 1 aromatic heterocycles. The Hall–Kier alpha value is -2.08. The van der Waals surface area contributed by atoms with Crippen molar-refractivity contribution in [1.29, 1.82) is 0 Å². The minimum absolute atomic E-state index is 0.0186. The standard InChI is InChI=1S/C16H20ClN3O3/c1-4-10(3)18-14(21)9-20-13-8-11(17)6-7-12(13)15(22)19(5-2)16(20)23/h6-8,10H,4-5,9H2,1-3H3,(H,18,21)/t10-/m0/s1. The van der Waals surface area contributed by atoms with E-state index in [2.05, 4.69) is 5.32 Å². The van der Waals surface area contributed by atoms with Crippen LogP contribution in [0.25, 0.3) is 10.9 Å². The fourth-order valence-corrected chi connectivity index (χ4v) is 2.55. The fourth-order valence-electron chi connectivity index (χ4n) is 2.39. The van der Waals surface area contributed by atoms with Crippen LogP contribution in [0.3, 0.4) is 0 Å². The van der Waals surface area contributed by atoms with Crippen molar-refractivity contribution in [2.24, 2.45) is 0 Å². The Bertz CT molecular complexity index is 854. The van der Waals surface area contributed by atoms with Gasteiger partial charge in [-0.05, 0) is 38.5 Å². The molecule has 0 bridgehead atoms. The van der Waals surface area contributed by atoms with Gasteiger partial charge in [0, 0.05) is 17.6 Å². The van der Waals surface area contributed by atoms with E-state index in [1.807, 2.05) is 13.8 Å². The number of benzene rings is 1. The molecule has 0 radical (unpaired) electrons. The number of fused-ring (bicyclic) bond motifs is 1. The highest BCUT2D eigenvalue weighted by molar-refractivity contribution is 6.31. The SMILES string of the molecule is CC[C@H](C)NC(=O)Cn1c(=O)n(CC)c(=O)c2ccc(Cl)cc21. The topological polar surface area (TPSA) is 73.1 Å². The Morgan fingerprint density at radius 3 is 2.57 bits per heavy atom. The zero-order chi connectivity index (χ0) is 17.1. The zero-order valence-corrected chi connectivity index (χ0v) is 14.2. The maximum atomic E-state index is 12.5. The third-order valence-corrected chi connectivity index (χ3v) is 4.06. The van der Waals surface area contributed by atoms with Crippen LogP contribution in [0.5, 0.6) is 0 Å². The monoisotopic (exact) mass is 337 g/mol. The summed E-state index contributed by atoms with van der Waals surface area (Å²) in [4.78, 5) is 37.1. The molecule has 1 heterocycles. The lowest BCUT2D eigenvalue weighted by molar-refractivity contribution is -0.122. The normalized spacial score (nSPS) is 12.3. The number of aromatic nitrogens is 2. The van der Waals surface area contributed by atoms with Crippen molar-refractivity contribution in [1.82, 2.24) is 14.5 Å². The van der Waals surface area contributed by atoms with Crippen LogP contribution in [0.1, 0.15) is 27.2 Å². The molecule has 6 nitrogen and oxygen atoms in total. The van der Waals surface area contributed by atoms with Crippen molar-refractivity contribution in [2.45, 2.75) is 46.3 Å². The van der Waals surface area contributed by atoms with E-state index in [9.17, 15) is 14.4 Å². The van der Waals surface area contributed by atoms with Gasteiger partial charge in [-0.25, -0.2) is 4.79 Å². The van der Waals surface area contributed by atoms with Gasteiger partial charge in [0.1, 0.15) is 6.54 Å². The highest BCUT2D eigenvalue weighted by atomic mass is 35.5. The van der Waals surface area contributed by atoms with Crippen molar-refractivity contribution in [2.75, 3.05) is 0 Å². The lowest BCUT2D eigenvalue weighted by Gasteiger charge is -2.15. The van der Waals surface area contributed by atoms with Gasteiger partial charge in [-0.1, -0.05) is 18.5 Å². The summed E-state index contributed by atoms with van der Waals surface area (Å²) in [6.07, 6.45) is 0.793. The second kappa shape index (κ2) is 7.00. The molecule has 1 amide bonds. The van der Waals surface area contributed by atoms with Gasteiger partial charge in [0.25, 0.3) is 5.56 Å². The van der Waals surface area contributed by atoms with E-state index in [1.54, 1.807) is 19.1 Å². The van der Waals surface area contributed by atoms with Crippen molar-refractivity contribution in [3.8, 4) is 0 Å². The molecular formula is C16H20ClN3O3. The molecule has 23 heavy (non-hydrogen) atoms. The van der Waals surface area contributed by atoms with Crippen molar-refractivity contribution >= 4 is 28.4 Å². The predicted octanol–water partition coefficient (Wildman–Crippen LogP) is 1.75. The van der Waals surface area contributed by atoms with Crippen LogP contribution in [-0.4, -0.2) is 21.1 Å². The second-order valence-electron chi connectivity index (χ2n) is 5.46.